The molecule has 3 rings (SSSR count). The second kappa shape index (κ2) is 5.98. The van der Waals surface area contributed by atoms with Crippen molar-refractivity contribution in [3.05, 3.63) is 84.4 Å². The fraction of sp³-hybridized carbons (Fsp3) is 0.0526. The molecule has 0 spiro atoms. The zero-order valence-corrected chi connectivity index (χ0v) is 12.2. The molecule has 0 amide bonds. The first-order valence-corrected chi connectivity index (χ1v) is 7.53. The molecule has 0 aliphatic heterocycles. The van der Waals surface area contributed by atoms with Crippen LogP contribution in [-0.4, -0.2) is 0 Å². The highest BCUT2D eigenvalue weighted by Gasteiger charge is 2.04. The first-order chi connectivity index (χ1) is 9.83. The molecule has 0 N–H and O–H groups in total. The predicted octanol–water partition coefficient (Wildman–Crippen LogP) is 5.81. The maximum atomic E-state index is 2.28. The lowest BCUT2D eigenvalue weighted by Crippen LogP contribution is -1.83. The summed E-state index contributed by atoms with van der Waals surface area (Å²) in [7, 11) is 0. The van der Waals surface area contributed by atoms with Crippen LogP contribution in [0.2, 0.25) is 0 Å². The van der Waals surface area contributed by atoms with Crippen molar-refractivity contribution in [1.82, 2.24) is 0 Å². The minimum Gasteiger partial charge on any atom is -0.0898 e. The van der Waals surface area contributed by atoms with E-state index in [1.807, 2.05) is 11.8 Å². The molecular formula is C19H16S. The van der Waals surface area contributed by atoms with E-state index in [2.05, 4.69) is 85.8 Å². The molecule has 3 aromatic rings. The Morgan fingerprint density at radius 3 is 2.00 bits per heavy atom. The van der Waals surface area contributed by atoms with E-state index in [1.165, 1.54) is 26.5 Å². The third-order valence-electron chi connectivity index (χ3n) is 3.27. The van der Waals surface area contributed by atoms with Gasteiger partial charge in [-0.3, -0.25) is 0 Å². The summed E-state index contributed by atoms with van der Waals surface area (Å²) >= 11 is 1.82. The van der Waals surface area contributed by atoms with Gasteiger partial charge >= 0.3 is 0 Å². The fourth-order valence-electron chi connectivity index (χ4n) is 2.14. The Morgan fingerprint density at radius 1 is 0.650 bits per heavy atom. The van der Waals surface area contributed by atoms with E-state index in [-0.39, 0.29) is 0 Å². The van der Waals surface area contributed by atoms with Gasteiger partial charge in [0.1, 0.15) is 0 Å². The molecule has 0 saturated carbocycles. The third-order valence-corrected chi connectivity index (χ3v) is 4.43. The van der Waals surface area contributed by atoms with Crippen molar-refractivity contribution < 1.29 is 0 Å². The summed E-state index contributed by atoms with van der Waals surface area (Å²) in [5.41, 5.74) is 3.86. The SMILES string of the molecule is Cc1ccc(-c2ccccc2)cc1Sc1ccccc1. The molecule has 1 heteroatoms. The fourth-order valence-corrected chi connectivity index (χ4v) is 3.10. The summed E-state index contributed by atoms with van der Waals surface area (Å²) in [5.74, 6) is 0. The van der Waals surface area contributed by atoms with Gasteiger partial charge in [0.15, 0.2) is 0 Å². The summed E-state index contributed by atoms with van der Waals surface area (Å²) in [4.78, 5) is 2.60. The molecule has 0 nitrogen and oxygen atoms in total. The maximum Gasteiger partial charge on any atom is 0.0157 e. The molecule has 98 valence electrons. The van der Waals surface area contributed by atoms with Crippen molar-refractivity contribution in [1.29, 1.82) is 0 Å². The van der Waals surface area contributed by atoms with Gasteiger partial charge in [0.2, 0.25) is 0 Å². The molecule has 0 radical (unpaired) electrons. The number of hydrogen-bond acceptors (Lipinski definition) is 1. The van der Waals surface area contributed by atoms with Crippen molar-refractivity contribution >= 4 is 11.8 Å². The topological polar surface area (TPSA) is 0 Å². The van der Waals surface area contributed by atoms with Crippen LogP contribution in [-0.2, 0) is 0 Å². The number of hydrogen-bond donors (Lipinski definition) is 0. The Hall–Kier alpha value is -1.99. The summed E-state index contributed by atoms with van der Waals surface area (Å²) in [5, 5.41) is 0. The van der Waals surface area contributed by atoms with Gasteiger partial charge < -0.3 is 0 Å². The van der Waals surface area contributed by atoms with E-state index < -0.39 is 0 Å². The number of aryl methyl sites for hydroxylation is 1. The molecule has 20 heavy (non-hydrogen) atoms. The molecule has 0 fully saturated rings. The standard InChI is InChI=1S/C19H16S/c1-15-12-13-17(16-8-4-2-5-9-16)14-19(15)20-18-10-6-3-7-11-18/h2-14H,1H3. The van der Waals surface area contributed by atoms with E-state index in [4.69, 9.17) is 0 Å². The van der Waals surface area contributed by atoms with Gasteiger partial charge in [-0.2, -0.15) is 0 Å². The van der Waals surface area contributed by atoms with Crippen molar-refractivity contribution in [2.75, 3.05) is 0 Å². The zero-order valence-electron chi connectivity index (χ0n) is 11.4. The Labute approximate surface area is 124 Å². The minimum atomic E-state index is 1.27. The highest BCUT2D eigenvalue weighted by molar-refractivity contribution is 7.99. The average molecular weight is 276 g/mol. The van der Waals surface area contributed by atoms with Crippen LogP contribution in [0.5, 0.6) is 0 Å². The summed E-state index contributed by atoms with van der Waals surface area (Å²) in [6.07, 6.45) is 0. The van der Waals surface area contributed by atoms with Crippen LogP contribution < -0.4 is 0 Å². The molecular weight excluding hydrogens is 260 g/mol. The smallest absolute Gasteiger partial charge is 0.0157 e. The van der Waals surface area contributed by atoms with Crippen LogP contribution in [0.3, 0.4) is 0 Å². The highest BCUT2D eigenvalue weighted by Crippen LogP contribution is 2.33. The molecule has 0 aromatic heterocycles. The van der Waals surface area contributed by atoms with E-state index >= 15 is 0 Å². The average Bonchev–Trinajstić information content (AvgIpc) is 2.51. The summed E-state index contributed by atoms with van der Waals surface area (Å²) in [6, 6.07) is 27.7. The molecule has 0 aliphatic rings. The normalized spacial score (nSPS) is 10.4. The lowest BCUT2D eigenvalue weighted by atomic mass is 10.0. The van der Waals surface area contributed by atoms with E-state index in [0.29, 0.717) is 0 Å². The van der Waals surface area contributed by atoms with Gasteiger partial charge in [0, 0.05) is 9.79 Å². The highest BCUT2D eigenvalue weighted by atomic mass is 32.2. The Bertz CT molecular complexity index is 687. The molecule has 0 unspecified atom stereocenters. The van der Waals surface area contributed by atoms with Crippen LogP contribution in [0.4, 0.5) is 0 Å². The maximum absolute atomic E-state index is 2.28. The van der Waals surface area contributed by atoms with Gasteiger partial charge in [-0.25, -0.2) is 0 Å². The van der Waals surface area contributed by atoms with Crippen LogP contribution in [0, 0.1) is 6.92 Å². The van der Waals surface area contributed by atoms with Crippen molar-refractivity contribution in [3.63, 3.8) is 0 Å². The molecule has 3 aromatic carbocycles. The lowest BCUT2D eigenvalue weighted by molar-refractivity contribution is 1.29. The van der Waals surface area contributed by atoms with Gasteiger partial charge in [0.25, 0.3) is 0 Å². The van der Waals surface area contributed by atoms with Gasteiger partial charge in [-0.05, 0) is 41.8 Å². The van der Waals surface area contributed by atoms with Crippen LogP contribution in [0.1, 0.15) is 5.56 Å². The van der Waals surface area contributed by atoms with Gasteiger partial charge in [0.05, 0.1) is 0 Å². The molecule has 0 bridgehead atoms. The van der Waals surface area contributed by atoms with Crippen LogP contribution in [0.15, 0.2) is 88.7 Å². The van der Waals surface area contributed by atoms with Crippen LogP contribution in [0.25, 0.3) is 11.1 Å². The first kappa shape index (κ1) is 13.0. The van der Waals surface area contributed by atoms with Crippen LogP contribution >= 0.6 is 11.8 Å². The monoisotopic (exact) mass is 276 g/mol. The van der Waals surface area contributed by atoms with E-state index in [1.54, 1.807) is 0 Å². The number of benzene rings is 3. The lowest BCUT2D eigenvalue weighted by Gasteiger charge is -2.09. The molecule has 0 atom stereocenters. The largest absolute Gasteiger partial charge is 0.0898 e. The van der Waals surface area contributed by atoms with Crippen molar-refractivity contribution in [2.24, 2.45) is 0 Å². The van der Waals surface area contributed by atoms with Crippen molar-refractivity contribution in [3.8, 4) is 11.1 Å². The van der Waals surface area contributed by atoms with Gasteiger partial charge in [-0.1, -0.05) is 72.4 Å². The second-order valence-corrected chi connectivity index (χ2v) is 5.88. The second-order valence-electron chi connectivity index (χ2n) is 4.76. The zero-order chi connectivity index (χ0) is 13.8. The Morgan fingerprint density at radius 2 is 1.30 bits per heavy atom. The van der Waals surface area contributed by atoms with E-state index in [0.717, 1.165) is 0 Å². The molecule has 0 saturated heterocycles. The number of rotatable bonds is 3. The third kappa shape index (κ3) is 2.94. The van der Waals surface area contributed by atoms with E-state index in [9.17, 15) is 0 Å². The quantitative estimate of drug-likeness (QED) is 0.581. The van der Waals surface area contributed by atoms with Crippen molar-refractivity contribution in [2.45, 2.75) is 16.7 Å². The molecule has 0 heterocycles. The molecule has 0 aliphatic carbocycles. The summed E-state index contributed by atoms with van der Waals surface area (Å²) in [6.45, 7) is 2.17. The minimum absolute atomic E-state index is 1.27. The summed E-state index contributed by atoms with van der Waals surface area (Å²) < 4.78 is 0. The van der Waals surface area contributed by atoms with Gasteiger partial charge in [-0.15, -0.1) is 0 Å². The Kier molecular flexibility index (Phi) is 3.89. The first-order valence-electron chi connectivity index (χ1n) is 6.72. The Balaban J connectivity index is 1.95. The predicted molar refractivity (Wildman–Crippen MR) is 87.2 cm³/mol.